The van der Waals surface area contributed by atoms with Gasteiger partial charge in [-0.15, -0.1) is 0 Å². The smallest absolute Gasteiger partial charge is 0.416 e. The van der Waals surface area contributed by atoms with Gasteiger partial charge < -0.3 is 30.0 Å². The van der Waals surface area contributed by atoms with E-state index in [2.05, 4.69) is 27.4 Å². The summed E-state index contributed by atoms with van der Waals surface area (Å²) in [5, 5.41) is 5.07. The molecule has 4 rings (SSSR count). The molecule has 3 aromatic rings. The van der Waals surface area contributed by atoms with Gasteiger partial charge in [0.15, 0.2) is 5.75 Å². The van der Waals surface area contributed by atoms with Crippen LogP contribution < -0.4 is 25.7 Å². The molecule has 1 aromatic heterocycles. The van der Waals surface area contributed by atoms with Crippen LogP contribution in [0.2, 0.25) is 0 Å². The van der Waals surface area contributed by atoms with Gasteiger partial charge in [0, 0.05) is 56.4 Å². The SMILES string of the molecule is CCOc1cc(Oc2ccc(NC(=O)Nc3ccc(CN4CCN(CC)CC4)c(C(F)(F)F)c3)cc2)c[nH]c1=O. The van der Waals surface area contributed by atoms with Crippen LogP contribution in [-0.2, 0) is 12.7 Å². The van der Waals surface area contributed by atoms with Crippen LogP contribution in [0.1, 0.15) is 25.0 Å². The molecule has 0 atom stereocenters. The summed E-state index contributed by atoms with van der Waals surface area (Å²) in [4.78, 5) is 31.1. The summed E-state index contributed by atoms with van der Waals surface area (Å²) in [7, 11) is 0. The Morgan fingerprint density at radius 3 is 2.23 bits per heavy atom. The standard InChI is InChI=1S/C28H32F3N5O4/c1-3-35-11-13-36(14-12-35)18-19-5-6-21(15-24(19)28(29,30)31)34-27(38)33-20-7-9-22(10-8-20)40-23-16-25(39-4-2)26(37)32-17-23/h5-10,15-17H,3-4,11-14,18H2,1-2H3,(H,32,37)(H2,33,34,38). The summed E-state index contributed by atoms with van der Waals surface area (Å²) in [6.07, 6.45) is -3.16. The van der Waals surface area contributed by atoms with Crippen molar-refractivity contribution in [3.05, 3.63) is 76.2 Å². The Hall–Kier alpha value is -4.03. The molecule has 2 heterocycles. The van der Waals surface area contributed by atoms with Crippen molar-refractivity contribution in [2.75, 3.05) is 50.0 Å². The molecule has 1 aliphatic heterocycles. The van der Waals surface area contributed by atoms with Crippen molar-refractivity contribution in [3.63, 3.8) is 0 Å². The number of H-pyrrole nitrogens is 1. The number of aromatic nitrogens is 1. The van der Waals surface area contributed by atoms with E-state index in [-0.39, 0.29) is 29.1 Å². The lowest BCUT2D eigenvalue weighted by atomic mass is 10.0. The lowest BCUT2D eigenvalue weighted by molar-refractivity contribution is -0.138. The zero-order valence-electron chi connectivity index (χ0n) is 22.3. The van der Waals surface area contributed by atoms with Crippen LogP contribution in [-0.4, -0.2) is 60.1 Å². The number of benzene rings is 2. The second-order valence-corrected chi connectivity index (χ2v) is 9.25. The molecule has 214 valence electrons. The maximum Gasteiger partial charge on any atom is 0.416 e. The van der Waals surface area contributed by atoms with Crippen LogP contribution in [0.15, 0.2) is 59.5 Å². The monoisotopic (exact) mass is 559 g/mol. The summed E-state index contributed by atoms with van der Waals surface area (Å²) >= 11 is 0. The second kappa shape index (κ2) is 12.9. The first-order chi connectivity index (χ1) is 19.1. The van der Waals surface area contributed by atoms with Gasteiger partial charge in [-0.1, -0.05) is 13.0 Å². The van der Waals surface area contributed by atoms with E-state index in [0.29, 0.717) is 36.9 Å². The van der Waals surface area contributed by atoms with Crippen molar-refractivity contribution in [3.8, 4) is 17.2 Å². The molecule has 2 amide bonds. The number of ether oxygens (including phenoxy) is 2. The Kier molecular flexibility index (Phi) is 9.33. The highest BCUT2D eigenvalue weighted by molar-refractivity contribution is 5.99. The number of anilines is 2. The van der Waals surface area contributed by atoms with Gasteiger partial charge >= 0.3 is 12.2 Å². The van der Waals surface area contributed by atoms with E-state index in [1.807, 2.05) is 4.90 Å². The van der Waals surface area contributed by atoms with Gasteiger partial charge in [-0.3, -0.25) is 9.69 Å². The zero-order chi connectivity index (χ0) is 28.7. The maximum absolute atomic E-state index is 13.9. The van der Waals surface area contributed by atoms with Crippen molar-refractivity contribution < 1.29 is 27.4 Å². The number of piperazine rings is 1. The quantitative estimate of drug-likeness (QED) is 0.326. The molecule has 0 spiro atoms. The predicted octanol–water partition coefficient (Wildman–Crippen LogP) is 5.37. The Bertz CT molecular complexity index is 1350. The third-order valence-electron chi connectivity index (χ3n) is 6.47. The minimum Gasteiger partial charge on any atom is -0.488 e. The second-order valence-electron chi connectivity index (χ2n) is 9.25. The van der Waals surface area contributed by atoms with Gasteiger partial charge in [-0.2, -0.15) is 13.2 Å². The molecule has 1 fully saturated rings. The van der Waals surface area contributed by atoms with Gasteiger partial charge in [-0.25, -0.2) is 4.79 Å². The Labute approximate surface area is 229 Å². The fraction of sp³-hybridized carbons (Fsp3) is 0.357. The highest BCUT2D eigenvalue weighted by atomic mass is 19.4. The van der Waals surface area contributed by atoms with E-state index in [4.69, 9.17) is 9.47 Å². The minimum absolute atomic E-state index is 0.0347. The van der Waals surface area contributed by atoms with E-state index in [1.165, 1.54) is 24.4 Å². The number of halogens is 3. The number of pyridine rings is 1. The van der Waals surface area contributed by atoms with Crippen molar-refractivity contribution in [1.82, 2.24) is 14.8 Å². The molecule has 1 aliphatic rings. The predicted molar refractivity (Wildman–Crippen MR) is 146 cm³/mol. The van der Waals surface area contributed by atoms with Crippen LogP contribution in [0.25, 0.3) is 0 Å². The van der Waals surface area contributed by atoms with Crippen LogP contribution in [0.3, 0.4) is 0 Å². The number of nitrogens with zero attached hydrogens (tertiary/aromatic N) is 2. The number of urea groups is 1. The third kappa shape index (κ3) is 7.76. The number of carbonyl (C=O) groups is 1. The fourth-order valence-corrected chi connectivity index (χ4v) is 4.36. The molecule has 40 heavy (non-hydrogen) atoms. The molecule has 9 nitrogen and oxygen atoms in total. The van der Waals surface area contributed by atoms with Gasteiger partial charge in [0.1, 0.15) is 11.5 Å². The Morgan fingerprint density at radius 2 is 1.57 bits per heavy atom. The third-order valence-corrected chi connectivity index (χ3v) is 6.47. The number of rotatable bonds is 9. The number of carbonyl (C=O) groups excluding carboxylic acids is 1. The fourth-order valence-electron chi connectivity index (χ4n) is 4.36. The van der Waals surface area contributed by atoms with Crippen LogP contribution in [0, 0.1) is 0 Å². The highest BCUT2D eigenvalue weighted by Gasteiger charge is 2.34. The molecule has 3 N–H and O–H groups in total. The number of nitrogens with one attached hydrogen (secondary N) is 3. The van der Waals surface area contributed by atoms with Gasteiger partial charge in [0.05, 0.1) is 12.2 Å². The van der Waals surface area contributed by atoms with E-state index in [9.17, 15) is 22.8 Å². The van der Waals surface area contributed by atoms with Gasteiger partial charge in [-0.05, 0) is 55.4 Å². The maximum atomic E-state index is 13.9. The van der Waals surface area contributed by atoms with Gasteiger partial charge in [0.25, 0.3) is 5.56 Å². The summed E-state index contributed by atoms with van der Waals surface area (Å²) in [5.74, 6) is 0.919. The molecule has 0 saturated carbocycles. The van der Waals surface area contributed by atoms with Crippen molar-refractivity contribution in [2.24, 2.45) is 0 Å². The molecule has 0 aliphatic carbocycles. The van der Waals surface area contributed by atoms with E-state index in [1.54, 1.807) is 31.2 Å². The number of hydrogen-bond donors (Lipinski definition) is 3. The number of amides is 2. The Morgan fingerprint density at radius 1 is 0.925 bits per heavy atom. The van der Waals surface area contributed by atoms with E-state index in [0.717, 1.165) is 25.7 Å². The minimum atomic E-state index is -4.56. The van der Waals surface area contributed by atoms with E-state index >= 15 is 0 Å². The van der Waals surface area contributed by atoms with Crippen LogP contribution in [0.4, 0.5) is 29.3 Å². The first kappa shape index (κ1) is 29.0. The summed E-state index contributed by atoms with van der Waals surface area (Å²) in [6, 6.07) is 11.0. The highest BCUT2D eigenvalue weighted by Crippen LogP contribution is 2.35. The van der Waals surface area contributed by atoms with Gasteiger partial charge in [0.2, 0.25) is 0 Å². The van der Waals surface area contributed by atoms with Crippen molar-refractivity contribution >= 4 is 17.4 Å². The largest absolute Gasteiger partial charge is 0.488 e. The normalized spacial score (nSPS) is 14.5. The molecular formula is C28H32F3N5O4. The molecule has 0 unspecified atom stereocenters. The molecule has 12 heteroatoms. The van der Waals surface area contributed by atoms with E-state index < -0.39 is 17.8 Å². The van der Waals surface area contributed by atoms with Crippen LogP contribution >= 0.6 is 0 Å². The Balaban J connectivity index is 1.37. The summed E-state index contributed by atoms with van der Waals surface area (Å²) < 4.78 is 52.6. The first-order valence-electron chi connectivity index (χ1n) is 13.0. The zero-order valence-corrected chi connectivity index (χ0v) is 22.3. The number of alkyl halides is 3. The molecular weight excluding hydrogens is 527 g/mol. The lowest BCUT2D eigenvalue weighted by Gasteiger charge is -2.34. The molecule has 0 radical (unpaired) electrons. The van der Waals surface area contributed by atoms with Crippen molar-refractivity contribution in [2.45, 2.75) is 26.6 Å². The molecule has 0 bridgehead atoms. The number of aromatic amines is 1. The summed E-state index contributed by atoms with van der Waals surface area (Å²) in [5.41, 5.74) is -0.524. The number of hydrogen-bond acceptors (Lipinski definition) is 6. The lowest BCUT2D eigenvalue weighted by Crippen LogP contribution is -2.45. The average Bonchev–Trinajstić information content (AvgIpc) is 2.92. The molecule has 1 saturated heterocycles. The topological polar surface area (TPSA) is 98.9 Å². The van der Waals surface area contributed by atoms with Crippen molar-refractivity contribution in [1.29, 1.82) is 0 Å². The van der Waals surface area contributed by atoms with Crippen LogP contribution in [0.5, 0.6) is 17.2 Å². The molecule has 2 aromatic carbocycles. The number of likely N-dealkylation sites (N-methyl/N-ethyl adjacent to an activating group) is 1. The average molecular weight is 560 g/mol. The first-order valence-corrected chi connectivity index (χ1v) is 13.0. The summed E-state index contributed by atoms with van der Waals surface area (Å²) in [6.45, 7) is 8.33.